The first-order valence-electron chi connectivity index (χ1n) is 12.9. The standard InChI is InChI=1S/C28H38ClN3O4S/c1-5-15-31(37(35,36)26-11-9-22(4)10-12-26)20-27(33)32(19-23-7-6-8-24(29)18-23)25-13-16-30(17-14-25)28(34)21(2)3/h6-12,18,21,25H,5,13-17,19-20H2,1-4H3. The monoisotopic (exact) mass is 547 g/mol. The molecule has 0 atom stereocenters. The van der Waals surface area contributed by atoms with E-state index in [1.54, 1.807) is 35.2 Å². The maximum atomic E-state index is 13.8. The summed E-state index contributed by atoms with van der Waals surface area (Å²) in [4.78, 5) is 30.1. The zero-order valence-electron chi connectivity index (χ0n) is 22.2. The van der Waals surface area contributed by atoms with Gasteiger partial charge in [-0.15, -0.1) is 0 Å². The molecular formula is C28H38ClN3O4S. The molecule has 0 unspecified atom stereocenters. The first kappa shape index (κ1) is 29.1. The molecule has 0 spiro atoms. The molecule has 0 bridgehead atoms. The van der Waals surface area contributed by atoms with Crippen LogP contribution >= 0.6 is 11.6 Å². The Bertz CT molecular complexity index is 1180. The molecule has 1 saturated heterocycles. The maximum absolute atomic E-state index is 13.8. The van der Waals surface area contributed by atoms with Gasteiger partial charge in [-0.05, 0) is 56.0 Å². The van der Waals surface area contributed by atoms with Crippen LogP contribution in [0.25, 0.3) is 0 Å². The second-order valence-corrected chi connectivity index (χ2v) is 12.4. The van der Waals surface area contributed by atoms with Crippen LogP contribution in [0.1, 0.15) is 51.2 Å². The van der Waals surface area contributed by atoms with Gasteiger partial charge in [-0.3, -0.25) is 9.59 Å². The van der Waals surface area contributed by atoms with Crippen LogP contribution in [0.3, 0.4) is 0 Å². The second kappa shape index (κ2) is 12.9. The van der Waals surface area contributed by atoms with Crippen LogP contribution in [-0.4, -0.2) is 66.6 Å². The van der Waals surface area contributed by atoms with Crippen LogP contribution in [0.15, 0.2) is 53.4 Å². The van der Waals surface area contributed by atoms with E-state index in [1.165, 1.54) is 4.31 Å². The lowest BCUT2D eigenvalue weighted by atomic mass is 10.0. The smallest absolute Gasteiger partial charge is 0.243 e. The predicted molar refractivity (Wildman–Crippen MR) is 147 cm³/mol. The summed E-state index contributed by atoms with van der Waals surface area (Å²) in [5.41, 5.74) is 1.84. The van der Waals surface area contributed by atoms with Crippen molar-refractivity contribution >= 4 is 33.4 Å². The molecule has 1 fully saturated rings. The number of halogens is 1. The number of sulfonamides is 1. The van der Waals surface area contributed by atoms with Gasteiger partial charge in [0.2, 0.25) is 21.8 Å². The van der Waals surface area contributed by atoms with E-state index >= 15 is 0 Å². The van der Waals surface area contributed by atoms with Crippen LogP contribution < -0.4 is 0 Å². The second-order valence-electron chi connectivity index (χ2n) is 10.0. The number of hydrogen-bond donors (Lipinski definition) is 0. The zero-order valence-corrected chi connectivity index (χ0v) is 23.8. The highest BCUT2D eigenvalue weighted by Crippen LogP contribution is 2.23. The van der Waals surface area contributed by atoms with Crippen LogP contribution in [-0.2, 0) is 26.2 Å². The zero-order chi connectivity index (χ0) is 27.2. The number of carbonyl (C=O) groups excluding carboxylic acids is 2. The number of hydrogen-bond acceptors (Lipinski definition) is 4. The highest BCUT2D eigenvalue weighted by Gasteiger charge is 2.33. The van der Waals surface area contributed by atoms with E-state index in [-0.39, 0.29) is 41.8 Å². The van der Waals surface area contributed by atoms with E-state index in [9.17, 15) is 18.0 Å². The van der Waals surface area contributed by atoms with Crippen molar-refractivity contribution in [3.63, 3.8) is 0 Å². The molecule has 0 radical (unpaired) electrons. The molecule has 0 saturated carbocycles. The molecule has 2 aromatic rings. The fourth-order valence-electron chi connectivity index (χ4n) is 4.65. The summed E-state index contributed by atoms with van der Waals surface area (Å²) in [7, 11) is -3.84. The number of aryl methyl sites for hydroxylation is 1. The molecule has 37 heavy (non-hydrogen) atoms. The number of rotatable bonds is 10. The Labute approximate surface area is 226 Å². The summed E-state index contributed by atoms with van der Waals surface area (Å²) in [6.07, 6.45) is 1.87. The van der Waals surface area contributed by atoms with Crippen molar-refractivity contribution in [2.45, 2.75) is 64.4 Å². The van der Waals surface area contributed by atoms with Crippen LogP contribution in [0.5, 0.6) is 0 Å². The quantitative estimate of drug-likeness (QED) is 0.431. The van der Waals surface area contributed by atoms with Gasteiger partial charge < -0.3 is 9.80 Å². The number of benzene rings is 2. The Kier molecular flexibility index (Phi) is 10.2. The number of carbonyl (C=O) groups is 2. The van der Waals surface area contributed by atoms with Crippen molar-refractivity contribution in [2.24, 2.45) is 5.92 Å². The van der Waals surface area contributed by atoms with E-state index in [0.717, 1.165) is 11.1 Å². The molecule has 9 heteroatoms. The molecule has 7 nitrogen and oxygen atoms in total. The lowest BCUT2D eigenvalue weighted by Crippen LogP contribution is -2.51. The largest absolute Gasteiger partial charge is 0.342 e. The summed E-state index contributed by atoms with van der Waals surface area (Å²) in [6.45, 7) is 9.05. The topological polar surface area (TPSA) is 78.0 Å². The van der Waals surface area contributed by atoms with Gasteiger partial charge >= 0.3 is 0 Å². The van der Waals surface area contributed by atoms with Gasteiger partial charge in [-0.1, -0.05) is 62.2 Å². The minimum absolute atomic E-state index is 0.0738. The summed E-state index contributed by atoms with van der Waals surface area (Å²) >= 11 is 6.21. The van der Waals surface area contributed by atoms with E-state index in [0.29, 0.717) is 43.9 Å². The van der Waals surface area contributed by atoms with Crippen LogP contribution in [0.2, 0.25) is 5.02 Å². The fourth-order valence-corrected chi connectivity index (χ4v) is 6.34. The summed E-state index contributed by atoms with van der Waals surface area (Å²) in [5, 5.41) is 0.580. The maximum Gasteiger partial charge on any atom is 0.243 e. The van der Waals surface area contributed by atoms with Gasteiger partial charge in [0.05, 0.1) is 11.4 Å². The molecule has 1 heterocycles. The van der Waals surface area contributed by atoms with Crippen LogP contribution in [0.4, 0.5) is 0 Å². The summed E-state index contributed by atoms with van der Waals surface area (Å²) in [6, 6.07) is 14.0. The summed E-state index contributed by atoms with van der Waals surface area (Å²) in [5.74, 6) is -0.211. The van der Waals surface area contributed by atoms with Crippen LogP contribution in [0, 0.1) is 12.8 Å². The average molecular weight is 548 g/mol. The lowest BCUT2D eigenvalue weighted by Gasteiger charge is -2.40. The van der Waals surface area contributed by atoms with Gasteiger partial charge in [-0.2, -0.15) is 4.31 Å². The highest BCUT2D eigenvalue weighted by molar-refractivity contribution is 7.89. The van der Waals surface area contributed by atoms with Crippen molar-refractivity contribution < 1.29 is 18.0 Å². The molecule has 2 amide bonds. The lowest BCUT2D eigenvalue weighted by molar-refractivity contribution is -0.139. The molecular weight excluding hydrogens is 510 g/mol. The predicted octanol–water partition coefficient (Wildman–Crippen LogP) is 4.72. The Morgan fingerprint density at radius 3 is 2.30 bits per heavy atom. The van der Waals surface area contributed by atoms with Gasteiger partial charge in [0.1, 0.15) is 0 Å². The Morgan fingerprint density at radius 1 is 1.08 bits per heavy atom. The number of amides is 2. The minimum Gasteiger partial charge on any atom is -0.342 e. The molecule has 202 valence electrons. The number of likely N-dealkylation sites (tertiary alicyclic amines) is 1. The number of nitrogens with zero attached hydrogens (tertiary/aromatic N) is 3. The first-order chi connectivity index (χ1) is 17.5. The Balaban J connectivity index is 1.84. The van der Waals surface area contributed by atoms with Gasteiger partial charge in [0.25, 0.3) is 0 Å². The SMILES string of the molecule is CCCN(CC(=O)N(Cc1cccc(Cl)c1)C1CCN(C(=O)C(C)C)CC1)S(=O)(=O)c1ccc(C)cc1. The average Bonchev–Trinajstić information content (AvgIpc) is 2.87. The molecule has 2 aromatic carbocycles. The molecule has 0 N–H and O–H groups in total. The first-order valence-corrected chi connectivity index (χ1v) is 14.7. The van der Waals surface area contributed by atoms with Gasteiger partial charge in [0.15, 0.2) is 0 Å². The van der Waals surface area contributed by atoms with E-state index in [2.05, 4.69) is 0 Å². The van der Waals surface area contributed by atoms with Gasteiger partial charge in [-0.25, -0.2) is 8.42 Å². The molecule has 1 aliphatic rings. The van der Waals surface area contributed by atoms with Crippen molar-refractivity contribution in [2.75, 3.05) is 26.2 Å². The normalized spacial score (nSPS) is 14.8. The van der Waals surface area contributed by atoms with Crippen molar-refractivity contribution in [1.29, 1.82) is 0 Å². The van der Waals surface area contributed by atoms with E-state index in [4.69, 9.17) is 11.6 Å². The van der Waals surface area contributed by atoms with Crippen molar-refractivity contribution in [3.05, 3.63) is 64.7 Å². The number of piperidine rings is 1. The molecule has 1 aliphatic heterocycles. The molecule has 0 aromatic heterocycles. The molecule has 3 rings (SSSR count). The van der Waals surface area contributed by atoms with Crippen molar-refractivity contribution in [1.82, 2.24) is 14.1 Å². The third-order valence-electron chi connectivity index (χ3n) is 6.72. The van der Waals surface area contributed by atoms with E-state index in [1.807, 2.05) is 50.8 Å². The summed E-state index contributed by atoms with van der Waals surface area (Å²) < 4.78 is 28.2. The minimum atomic E-state index is -3.84. The Morgan fingerprint density at radius 2 is 1.73 bits per heavy atom. The van der Waals surface area contributed by atoms with Gasteiger partial charge in [0, 0.05) is 43.2 Å². The van der Waals surface area contributed by atoms with Crippen molar-refractivity contribution in [3.8, 4) is 0 Å². The third kappa shape index (κ3) is 7.55. The highest BCUT2D eigenvalue weighted by atomic mass is 35.5. The Hall–Kier alpha value is -2.42. The molecule has 0 aliphatic carbocycles. The van der Waals surface area contributed by atoms with E-state index < -0.39 is 10.0 Å². The fraction of sp³-hybridized carbons (Fsp3) is 0.500. The third-order valence-corrected chi connectivity index (χ3v) is 8.81.